The normalized spacial score (nSPS) is 14.9. The molecule has 0 radical (unpaired) electrons. The zero-order valence-electron chi connectivity index (χ0n) is 12.4. The lowest BCUT2D eigenvalue weighted by atomic mass is 9.96. The monoisotopic (exact) mass is 267 g/mol. The molecular weight excluding hydrogens is 241 g/mol. The van der Waals surface area contributed by atoms with E-state index >= 15 is 0 Å². The lowest BCUT2D eigenvalue weighted by molar-refractivity contribution is 0.0907. The van der Waals surface area contributed by atoms with Crippen molar-refractivity contribution >= 4 is 0 Å². The standard InChI is InChI=1S/C16H26FNO/c1-12(2)9-10-18(4)11-13(3)16(19)14-7-5-6-8-15(14)17/h5-8,12-13,16,19H,9-11H2,1-4H3. The fourth-order valence-electron chi connectivity index (χ4n) is 2.18. The van der Waals surface area contributed by atoms with Crippen LogP contribution in [0.25, 0.3) is 0 Å². The first kappa shape index (κ1) is 16.1. The number of hydrogen-bond acceptors (Lipinski definition) is 2. The summed E-state index contributed by atoms with van der Waals surface area (Å²) in [6.45, 7) is 8.13. The van der Waals surface area contributed by atoms with E-state index < -0.39 is 6.10 Å². The Labute approximate surface area is 116 Å². The van der Waals surface area contributed by atoms with Crippen molar-refractivity contribution in [2.24, 2.45) is 11.8 Å². The van der Waals surface area contributed by atoms with Gasteiger partial charge in [0.25, 0.3) is 0 Å². The molecule has 0 saturated heterocycles. The Hall–Kier alpha value is -0.930. The van der Waals surface area contributed by atoms with Crippen molar-refractivity contribution in [2.45, 2.75) is 33.3 Å². The van der Waals surface area contributed by atoms with E-state index in [4.69, 9.17) is 0 Å². The summed E-state index contributed by atoms with van der Waals surface area (Å²) in [4.78, 5) is 2.20. The van der Waals surface area contributed by atoms with Crippen molar-refractivity contribution < 1.29 is 9.50 Å². The maximum Gasteiger partial charge on any atom is 0.129 e. The first-order valence-electron chi connectivity index (χ1n) is 7.02. The molecule has 1 N–H and O–H groups in total. The van der Waals surface area contributed by atoms with E-state index in [1.54, 1.807) is 18.2 Å². The van der Waals surface area contributed by atoms with Crippen LogP contribution in [0.1, 0.15) is 38.9 Å². The Balaban J connectivity index is 2.53. The summed E-state index contributed by atoms with van der Waals surface area (Å²) in [6, 6.07) is 6.46. The highest BCUT2D eigenvalue weighted by Gasteiger charge is 2.20. The molecule has 1 rings (SSSR count). The third kappa shape index (κ3) is 5.29. The molecule has 0 amide bonds. The van der Waals surface area contributed by atoms with Gasteiger partial charge in [-0.2, -0.15) is 0 Å². The zero-order chi connectivity index (χ0) is 14.4. The van der Waals surface area contributed by atoms with E-state index in [9.17, 15) is 9.50 Å². The second-order valence-corrected chi connectivity index (χ2v) is 5.89. The van der Waals surface area contributed by atoms with Crippen molar-refractivity contribution in [1.29, 1.82) is 0 Å². The SMILES string of the molecule is CC(C)CCN(C)CC(C)C(O)c1ccccc1F. The molecule has 0 spiro atoms. The van der Waals surface area contributed by atoms with Crippen LogP contribution in [-0.2, 0) is 0 Å². The summed E-state index contributed by atoms with van der Waals surface area (Å²) in [6.07, 6.45) is 0.390. The fourth-order valence-corrected chi connectivity index (χ4v) is 2.18. The highest BCUT2D eigenvalue weighted by molar-refractivity contribution is 5.20. The van der Waals surface area contributed by atoms with Crippen LogP contribution in [0.3, 0.4) is 0 Å². The Morgan fingerprint density at radius 2 is 1.84 bits per heavy atom. The number of halogens is 1. The van der Waals surface area contributed by atoms with Crippen LogP contribution in [0.2, 0.25) is 0 Å². The molecule has 2 nitrogen and oxygen atoms in total. The summed E-state index contributed by atoms with van der Waals surface area (Å²) < 4.78 is 13.6. The average molecular weight is 267 g/mol. The fraction of sp³-hybridized carbons (Fsp3) is 0.625. The minimum absolute atomic E-state index is 0.00839. The van der Waals surface area contributed by atoms with E-state index in [-0.39, 0.29) is 11.7 Å². The minimum Gasteiger partial charge on any atom is -0.388 e. The molecular formula is C16H26FNO. The van der Waals surface area contributed by atoms with E-state index in [0.717, 1.165) is 19.5 Å². The summed E-state index contributed by atoms with van der Waals surface area (Å²) >= 11 is 0. The molecule has 3 heteroatoms. The molecule has 0 aliphatic rings. The number of benzene rings is 1. The number of rotatable bonds is 7. The number of nitrogens with zero attached hydrogens (tertiary/aromatic N) is 1. The first-order chi connectivity index (χ1) is 8.91. The van der Waals surface area contributed by atoms with Crippen molar-refractivity contribution in [3.63, 3.8) is 0 Å². The van der Waals surface area contributed by atoms with Crippen LogP contribution in [-0.4, -0.2) is 30.1 Å². The van der Waals surface area contributed by atoms with E-state index in [1.165, 1.54) is 6.07 Å². The second-order valence-electron chi connectivity index (χ2n) is 5.89. The Kier molecular flexibility index (Phi) is 6.46. The molecule has 0 fully saturated rings. The third-order valence-corrected chi connectivity index (χ3v) is 3.45. The van der Waals surface area contributed by atoms with Gasteiger partial charge in [-0.25, -0.2) is 4.39 Å². The van der Waals surface area contributed by atoms with Crippen LogP contribution in [0.5, 0.6) is 0 Å². The highest BCUT2D eigenvalue weighted by atomic mass is 19.1. The van der Waals surface area contributed by atoms with Gasteiger partial charge in [-0.1, -0.05) is 39.0 Å². The summed E-state index contributed by atoms with van der Waals surface area (Å²) in [7, 11) is 2.05. The maximum absolute atomic E-state index is 13.6. The average Bonchev–Trinajstić information content (AvgIpc) is 2.36. The summed E-state index contributed by atoms with van der Waals surface area (Å²) in [5.74, 6) is 0.356. The van der Waals surface area contributed by atoms with E-state index in [1.807, 2.05) is 14.0 Å². The quantitative estimate of drug-likeness (QED) is 0.817. The minimum atomic E-state index is -0.748. The van der Waals surface area contributed by atoms with Crippen molar-refractivity contribution in [3.05, 3.63) is 35.6 Å². The van der Waals surface area contributed by atoms with Gasteiger partial charge < -0.3 is 10.0 Å². The van der Waals surface area contributed by atoms with Gasteiger partial charge in [-0.05, 0) is 37.9 Å². The van der Waals surface area contributed by atoms with Gasteiger partial charge in [0, 0.05) is 12.1 Å². The summed E-state index contributed by atoms with van der Waals surface area (Å²) in [5, 5.41) is 10.2. The molecule has 1 aromatic carbocycles. The Morgan fingerprint density at radius 3 is 2.42 bits per heavy atom. The molecule has 0 saturated carbocycles. The van der Waals surface area contributed by atoms with Crippen LogP contribution >= 0.6 is 0 Å². The van der Waals surface area contributed by atoms with E-state index in [2.05, 4.69) is 18.7 Å². The van der Waals surface area contributed by atoms with Gasteiger partial charge in [0.2, 0.25) is 0 Å². The number of hydrogen-bond donors (Lipinski definition) is 1. The predicted octanol–water partition coefficient (Wildman–Crippen LogP) is 3.47. The second kappa shape index (κ2) is 7.61. The zero-order valence-corrected chi connectivity index (χ0v) is 12.4. The molecule has 0 bridgehead atoms. The van der Waals surface area contributed by atoms with Gasteiger partial charge in [-0.15, -0.1) is 0 Å². The van der Waals surface area contributed by atoms with Crippen LogP contribution in [0.15, 0.2) is 24.3 Å². The lowest BCUT2D eigenvalue weighted by Crippen LogP contribution is -2.29. The molecule has 0 heterocycles. The number of aliphatic hydroxyl groups is 1. The molecule has 1 aromatic rings. The first-order valence-corrected chi connectivity index (χ1v) is 7.02. The third-order valence-electron chi connectivity index (χ3n) is 3.45. The largest absolute Gasteiger partial charge is 0.388 e. The molecule has 0 aromatic heterocycles. The molecule has 108 valence electrons. The maximum atomic E-state index is 13.6. The number of aliphatic hydroxyl groups excluding tert-OH is 1. The molecule has 0 aliphatic heterocycles. The Morgan fingerprint density at radius 1 is 1.21 bits per heavy atom. The smallest absolute Gasteiger partial charge is 0.129 e. The van der Waals surface area contributed by atoms with Crippen LogP contribution in [0, 0.1) is 17.7 Å². The molecule has 19 heavy (non-hydrogen) atoms. The van der Waals surface area contributed by atoms with Gasteiger partial charge in [0.05, 0.1) is 6.10 Å². The van der Waals surface area contributed by atoms with Crippen molar-refractivity contribution in [3.8, 4) is 0 Å². The predicted molar refractivity (Wildman–Crippen MR) is 77.5 cm³/mol. The van der Waals surface area contributed by atoms with Crippen molar-refractivity contribution in [1.82, 2.24) is 4.90 Å². The Bertz CT molecular complexity index is 381. The van der Waals surface area contributed by atoms with Gasteiger partial charge >= 0.3 is 0 Å². The van der Waals surface area contributed by atoms with Crippen molar-refractivity contribution in [2.75, 3.05) is 20.1 Å². The van der Waals surface area contributed by atoms with Crippen LogP contribution in [0.4, 0.5) is 4.39 Å². The summed E-state index contributed by atoms with van der Waals surface area (Å²) in [5.41, 5.74) is 0.396. The topological polar surface area (TPSA) is 23.5 Å². The van der Waals surface area contributed by atoms with E-state index in [0.29, 0.717) is 11.5 Å². The van der Waals surface area contributed by atoms with Crippen LogP contribution < -0.4 is 0 Å². The molecule has 2 atom stereocenters. The molecule has 0 aliphatic carbocycles. The van der Waals surface area contributed by atoms with Gasteiger partial charge in [-0.3, -0.25) is 0 Å². The van der Waals surface area contributed by atoms with Gasteiger partial charge in [0.1, 0.15) is 5.82 Å². The highest BCUT2D eigenvalue weighted by Crippen LogP contribution is 2.24. The van der Waals surface area contributed by atoms with Gasteiger partial charge in [0.15, 0.2) is 0 Å². The lowest BCUT2D eigenvalue weighted by Gasteiger charge is -2.26. The molecule has 2 unspecified atom stereocenters.